The van der Waals surface area contributed by atoms with Gasteiger partial charge in [-0.1, -0.05) is 35.3 Å². The molecule has 1 aliphatic heterocycles. The quantitative estimate of drug-likeness (QED) is 0.910. The highest BCUT2D eigenvalue weighted by Gasteiger charge is 2.48. The first kappa shape index (κ1) is 15.6. The van der Waals surface area contributed by atoms with Crippen LogP contribution in [0.1, 0.15) is 37.2 Å². The van der Waals surface area contributed by atoms with Crippen molar-refractivity contribution in [3.05, 3.63) is 33.8 Å². The molecule has 1 amide bonds. The fraction of sp³-hybridized carbons (Fsp3) is 0.500. The van der Waals surface area contributed by atoms with Crippen molar-refractivity contribution in [2.75, 3.05) is 6.54 Å². The Hall–Kier alpha value is -1.26. The van der Waals surface area contributed by atoms with E-state index in [4.69, 9.17) is 28.3 Å². The second-order valence-electron chi connectivity index (χ2n) is 6.02. The average Bonchev–Trinajstić information content (AvgIpc) is 3.13. The van der Waals surface area contributed by atoms with Crippen LogP contribution in [0.2, 0.25) is 10.0 Å². The molecule has 2 aliphatic rings. The van der Waals surface area contributed by atoms with E-state index in [2.05, 4.69) is 0 Å². The van der Waals surface area contributed by atoms with E-state index in [1.165, 1.54) is 0 Å². The molecular formula is C16H17Cl2NO3. The lowest BCUT2D eigenvalue weighted by Gasteiger charge is -2.23. The summed E-state index contributed by atoms with van der Waals surface area (Å²) in [5.74, 6) is -0.783. The molecule has 1 N–H and O–H groups in total. The van der Waals surface area contributed by atoms with Crippen molar-refractivity contribution in [1.82, 2.24) is 4.90 Å². The molecule has 1 aromatic rings. The summed E-state index contributed by atoms with van der Waals surface area (Å²) in [7, 11) is 0. The van der Waals surface area contributed by atoms with Gasteiger partial charge in [0.15, 0.2) is 0 Å². The summed E-state index contributed by atoms with van der Waals surface area (Å²) in [6.45, 7) is 0.656. The first-order chi connectivity index (χ1) is 10.5. The normalized spacial score (nSPS) is 27.0. The maximum atomic E-state index is 12.6. The van der Waals surface area contributed by atoms with Crippen molar-refractivity contribution in [1.29, 1.82) is 0 Å². The van der Waals surface area contributed by atoms with Crippen LogP contribution in [0.25, 0.3) is 0 Å². The molecule has 0 spiro atoms. The van der Waals surface area contributed by atoms with Crippen LogP contribution in [0.3, 0.4) is 0 Å². The second-order valence-corrected chi connectivity index (χ2v) is 6.80. The molecule has 1 aromatic carbocycles. The SMILES string of the molecule is O=C(O)CC1CCCN1C(=O)C1CC1c1cccc(Cl)c1Cl. The number of hydrogen-bond donors (Lipinski definition) is 1. The summed E-state index contributed by atoms with van der Waals surface area (Å²) in [4.78, 5) is 25.3. The molecule has 118 valence electrons. The van der Waals surface area contributed by atoms with Crippen LogP contribution in [0, 0.1) is 5.92 Å². The number of carbonyl (C=O) groups is 2. The Morgan fingerprint density at radius 3 is 2.82 bits per heavy atom. The molecule has 2 fully saturated rings. The van der Waals surface area contributed by atoms with E-state index in [0.717, 1.165) is 24.8 Å². The molecule has 22 heavy (non-hydrogen) atoms. The van der Waals surface area contributed by atoms with Gasteiger partial charge in [-0.05, 0) is 36.8 Å². The number of nitrogens with zero attached hydrogens (tertiary/aromatic N) is 1. The highest BCUT2D eigenvalue weighted by molar-refractivity contribution is 6.42. The van der Waals surface area contributed by atoms with Gasteiger partial charge in [0.05, 0.1) is 16.5 Å². The summed E-state index contributed by atoms with van der Waals surface area (Å²) in [6, 6.07) is 5.31. The Morgan fingerprint density at radius 2 is 2.09 bits per heavy atom. The number of hydrogen-bond acceptors (Lipinski definition) is 2. The molecule has 1 saturated heterocycles. The van der Waals surface area contributed by atoms with Gasteiger partial charge in [0.1, 0.15) is 0 Å². The molecule has 0 bridgehead atoms. The van der Waals surface area contributed by atoms with E-state index >= 15 is 0 Å². The van der Waals surface area contributed by atoms with Crippen LogP contribution < -0.4 is 0 Å². The zero-order valence-corrected chi connectivity index (χ0v) is 13.5. The number of aliphatic carboxylic acids is 1. The lowest BCUT2D eigenvalue weighted by atomic mass is 10.1. The van der Waals surface area contributed by atoms with Crippen LogP contribution in [0.5, 0.6) is 0 Å². The van der Waals surface area contributed by atoms with Gasteiger partial charge in [-0.3, -0.25) is 9.59 Å². The highest BCUT2D eigenvalue weighted by atomic mass is 35.5. The van der Waals surface area contributed by atoms with Gasteiger partial charge < -0.3 is 10.0 Å². The third kappa shape index (κ3) is 2.95. The second kappa shape index (κ2) is 6.09. The van der Waals surface area contributed by atoms with E-state index in [-0.39, 0.29) is 30.2 Å². The minimum absolute atomic E-state index is 0.0288. The van der Waals surface area contributed by atoms with Gasteiger partial charge in [0, 0.05) is 18.5 Å². The zero-order valence-electron chi connectivity index (χ0n) is 12.0. The molecule has 1 aliphatic carbocycles. The predicted molar refractivity (Wildman–Crippen MR) is 84.3 cm³/mol. The Balaban J connectivity index is 1.70. The Kier molecular flexibility index (Phi) is 4.33. The number of benzene rings is 1. The maximum Gasteiger partial charge on any atom is 0.305 e. The topological polar surface area (TPSA) is 57.6 Å². The van der Waals surface area contributed by atoms with Gasteiger partial charge in [-0.15, -0.1) is 0 Å². The lowest BCUT2D eigenvalue weighted by molar-refractivity contribution is -0.140. The molecule has 0 radical (unpaired) electrons. The summed E-state index contributed by atoms with van der Waals surface area (Å²) >= 11 is 12.2. The van der Waals surface area contributed by atoms with Gasteiger partial charge in [-0.25, -0.2) is 0 Å². The average molecular weight is 342 g/mol. The van der Waals surface area contributed by atoms with Gasteiger partial charge in [0.25, 0.3) is 0 Å². The first-order valence-electron chi connectivity index (χ1n) is 7.45. The number of likely N-dealkylation sites (tertiary alicyclic amines) is 1. The monoisotopic (exact) mass is 341 g/mol. The summed E-state index contributed by atoms with van der Waals surface area (Å²) in [6.07, 6.45) is 2.43. The van der Waals surface area contributed by atoms with Crippen molar-refractivity contribution in [2.24, 2.45) is 5.92 Å². The Labute approximate surface area is 139 Å². The fourth-order valence-electron chi connectivity index (χ4n) is 3.37. The van der Waals surface area contributed by atoms with Crippen molar-refractivity contribution in [3.8, 4) is 0 Å². The van der Waals surface area contributed by atoms with Crippen LogP contribution in [-0.2, 0) is 9.59 Å². The highest BCUT2D eigenvalue weighted by Crippen LogP contribution is 2.52. The van der Waals surface area contributed by atoms with Crippen molar-refractivity contribution in [3.63, 3.8) is 0 Å². The van der Waals surface area contributed by atoms with E-state index in [1.807, 2.05) is 12.1 Å². The third-order valence-corrected chi connectivity index (χ3v) is 5.39. The van der Waals surface area contributed by atoms with Crippen molar-refractivity contribution >= 4 is 35.1 Å². The lowest BCUT2D eigenvalue weighted by Crippen LogP contribution is -2.38. The molecule has 3 atom stereocenters. The van der Waals surface area contributed by atoms with Gasteiger partial charge in [-0.2, -0.15) is 0 Å². The van der Waals surface area contributed by atoms with Crippen LogP contribution >= 0.6 is 23.2 Å². The number of carboxylic acid groups (broad SMARTS) is 1. The zero-order chi connectivity index (χ0) is 15.9. The van der Waals surface area contributed by atoms with E-state index in [9.17, 15) is 9.59 Å². The van der Waals surface area contributed by atoms with Crippen LogP contribution in [0.4, 0.5) is 0 Å². The fourth-order valence-corrected chi connectivity index (χ4v) is 3.82. The van der Waals surface area contributed by atoms with Gasteiger partial charge in [0.2, 0.25) is 5.91 Å². The molecule has 6 heteroatoms. The minimum Gasteiger partial charge on any atom is -0.481 e. The van der Waals surface area contributed by atoms with E-state index in [0.29, 0.717) is 16.6 Å². The standard InChI is InChI=1S/C16H17Cl2NO3/c17-13-5-1-4-10(15(13)18)11-8-12(11)16(22)19-6-2-3-9(19)7-14(20)21/h1,4-5,9,11-12H,2-3,6-8H2,(H,20,21). The van der Waals surface area contributed by atoms with E-state index < -0.39 is 5.97 Å². The molecule has 3 unspecified atom stereocenters. The third-order valence-electron chi connectivity index (χ3n) is 4.56. The Bertz CT molecular complexity index is 619. The predicted octanol–water partition coefficient (Wildman–Crippen LogP) is 3.56. The van der Waals surface area contributed by atoms with Crippen molar-refractivity contribution < 1.29 is 14.7 Å². The largest absolute Gasteiger partial charge is 0.481 e. The summed E-state index contributed by atoms with van der Waals surface area (Å²) in [5, 5.41) is 9.98. The molecule has 1 heterocycles. The summed E-state index contributed by atoms with van der Waals surface area (Å²) < 4.78 is 0. The van der Waals surface area contributed by atoms with Gasteiger partial charge >= 0.3 is 5.97 Å². The number of amides is 1. The number of rotatable bonds is 4. The number of carboxylic acids is 1. The van der Waals surface area contributed by atoms with E-state index in [1.54, 1.807) is 11.0 Å². The smallest absolute Gasteiger partial charge is 0.305 e. The van der Waals surface area contributed by atoms with Crippen molar-refractivity contribution in [2.45, 2.75) is 37.6 Å². The summed E-state index contributed by atoms with van der Waals surface area (Å²) in [5.41, 5.74) is 0.918. The molecule has 4 nitrogen and oxygen atoms in total. The first-order valence-corrected chi connectivity index (χ1v) is 8.21. The van der Waals surface area contributed by atoms with Crippen LogP contribution in [-0.4, -0.2) is 34.5 Å². The minimum atomic E-state index is -0.852. The molecule has 0 aromatic heterocycles. The number of halogens is 2. The van der Waals surface area contributed by atoms with Crippen LogP contribution in [0.15, 0.2) is 18.2 Å². The molecule has 3 rings (SSSR count). The molecular weight excluding hydrogens is 325 g/mol. The molecule has 1 saturated carbocycles. The number of carbonyl (C=O) groups excluding carboxylic acids is 1. The maximum absolute atomic E-state index is 12.6. The Morgan fingerprint density at radius 1 is 1.32 bits per heavy atom.